The fourth-order valence-electron chi connectivity index (χ4n) is 2.80. The smallest absolute Gasteiger partial charge is 0.417 e. The maximum Gasteiger partial charge on any atom is 0.417 e. The highest BCUT2D eigenvalue weighted by atomic mass is 32.1. The Hall–Kier alpha value is -3.07. The molecule has 2 rings (SSSR count). The molecule has 0 saturated heterocycles. The number of halogens is 3. The Morgan fingerprint density at radius 1 is 1.28 bits per heavy atom. The number of hydrogen-bond acceptors (Lipinski definition) is 5. The number of alkyl halides is 3. The van der Waals surface area contributed by atoms with Crippen molar-refractivity contribution >= 4 is 24.2 Å². The summed E-state index contributed by atoms with van der Waals surface area (Å²) in [5, 5.41) is -0.650. The molecule has 5 nitrogen and oxygen atoms in total. The van der Waals surface area contributed by atoms with Crippen LogP contribution < -0.4 is 4.74 Å². The van der Waals surface area contributed by atoms with Crippen molar-refractivity contribution in [3.63, 3.8) is 0 Å². The van der Waals surface area contributed by atoms with Crippen LogP contribution in [-0.4, -0.2) is 40.0 Å². The lowest BCUT2D eigenvalue weighted by Gasteiger charge is -2.28. The lowest BCUT2D eigenvalue weighted by atomic mass is 10.0. The molecule has 1 heterocycles. The van der Waals surface area contributed by atoms with Gasteiger partial charge in [-0.1, -0.05) is 30.9 Å². The normalized spacial score (nSPS) is 13.1. The minimum absolute atomic E-state index is 0.0120. The quantitative estimate of drug-likeness (QED) is 0.234. The number of benzene rings is 1. The second-order valence-electron chi connectivity index (χ2n) is 6.60. The lowest BCUT2D eigenvalue weighted by Crippen LogP contribution is -2.41. The lowest BCUT2D eigenvalue weighted by molar-refractivity contribution is -0.137. The number of nitrogens with zero attached hydrogens (tertiary/aromatic N) is 3. The van der Waals surface area contributed by atoms with E-state index in [0.717, 1.165) is 12.1 Å². The van der Waals surface area contributed by atoms with Crippen LogP contribution in [0.5, 0.6) is 5.88 Å². The van der Waals surface area contributed by atoms with E-state index in [1.54, 1.807) is 50.4 Å². The summed E-state index contributed by atoms with van der Waals surface area (Å²) in [5.74, 6) is -0.257. The average molecular weight is 464 g/mol. The standard InChI is InChI=1S/C23H24F3N3O2S/c1-4-6-13-27-16(3)18-9-7-8-10-19(18)22(30)29(5-2)21(32)15-31-20-12-11-17(14-28-20)23(24,25)26/h4,6-14,21,32H,1,5,15H2,2-3H3/b13-6-,27-16?/t21-/m0/s1. The molecule has 0 N–H and O–H groups in total. The van der Waals surface area contributed by atoms with Gasteiger partial charge in [0.15, 0.2) is 0 Å². The molecular formula is C23H24F3N3O2S. The number of allylic oxidation sites excluding steroid dienone is 2. The molecule has 170 valence electrons. The second-order valence-corrected chi connectivity index (χ2v) is 7.20. The molecule has 32 heavy (non-hydrogen) atoms. The Kier molecular flexibility index (Phi) is 9.07. The van der Waals surface area contributed by atoms with Gasteiger partial charge in [0.1, 0.15) is 12.0 Å². The fourth-order valence-corrected chi connectivity index (χ4v) is 3.14. The molecule has 1 atom stereocenters. The van der Waals surface area contributed by atoms with Crippen LogP contribution >= 0.6 is 12.6 Å². The average Bonchev–Trinajstić information content (AvgIpc) is 2.78. The number of amides is 1. The summed E-state index contributed by atoms with van der Waals surface area (Å²) in [6.45, 7) is 7.48. The van der Waals surface area contributed by atoms with Gasteiger partial charge in [0, 0.05) is 41.8 Å². The largest absolute Gasteiger partial charge is 0.475 e. The summed E-state index contributed by atoms with van der Waals surface area (Å²) >= 11 is 4.47. The van der Waals surface area contributed by atoms with Crippen LogP contribution in [0.2, 0.25) is 0 Å². The summed E-state index contributed by atoms with van der Waals surface area (Å²) in [6.07, 6.45) is 1.10. The zero-order valence-corrected chi connectivity index (χ0v) is 18.6. The third-order valence-corrected chi connectivity index (χ3v) is 4.87. The van der Waals surface area contributed by atoms with Crippen molar-refractivity contribution in [2.75, 3.05) is 13.2 Å². The number of rotatable bonds is 9. The van der Waals surface area contributed by atoms with E-state index in [9.17, 15) is 18.0 Å². The maximum atomic E-state index is 13.2. The molecule has 9 heteroatoms. The summed E-state index contributed by atoms with van der Waals surface area (Å²) < 4.78 is 43.4. The maximum absolute atomic E-state index is 13.2. The zero-order valence-electron chi connectivity index (χ0n) is 17.7. The fraction of sp³-hybridized carbons (Fsp3) is 0.261. The van der Waals surface area contributed by atoms with Crippen LogP contribution in [0.25, 0.3) is 0 Å². The van der Waals surface area contributed by atoms with E-state index in [-0.39, 0.29) is 18.4 Å². The molecule has 1 amide bonds. The number of aliphatic imine (C=N–C) groups is 1. The monoisotopic (exact) mass is 463 g/mol. The van der Waals surface area contributed by atoms with Gasteiger partial charge in [-0.25, -0.2) is 4.98 Å². The first-order valence-corrected chi connectivity index (χ1v) is 10.3. The number of carbonyl (C=O) groups excluding carboxylic acids is 1. The first-order valence-electron chi connectivity index (χ1n) is 9.75. The van der Waals surface area contributed by atoms with Gasteiger partial charge in [0.05, 0.1) is 5.56 Å². The van der Waals surface area contributed by atoms with E-state index in [2.05, 4.69) is 29.2 Å². The molecule has 0 unspecified atom stereocenters. The number of ether oxygens (including phenoxy) is 1. The molecule has 2 aromatic rings. The number of pyridine rings is 1. The summed E-state index contributed by atoms with van der Waals surface area (Å²) in [6, 6.07) is 9.10. The zero-order chi connectivity index (χ0) is 23.7. The molecule has 1 aromatic carbocycles. The Labute approximate surface area is 190 Å². The summed E-state index contributed by atoms with van der Waals surface area (Å²) in [7, 11) is 0. The molecule has 0 fully saturated rings. The van der Waals surface area contributed by atoms with Crippen molar-refractivity contribution in [2.45, 2.75) is 25.4 Å². The van der Waals surface area contributed by atoms with Gasteiger partial charge in [-0.15, -0.1) is 0 Å². The van der Waals surface area contributed by atoms with E-state index in [4.69, 9.17) is 4.74 Å². The van der Waals surface area contributed by atoms with Crippen LogP contribution in [0.15, 0.2) is 72.5 Å². The topological polar surface area (TPSA) is 54.8 Å². The van der Waals surface area contributed by atoms with Crippen LogP contribution in [0, 0.1) is 0 Å². The third kappa shape index (κ3) is 6.71. The van der Waals surface area contributed by atoms with Crippen molar-refractivity contribution in [1.29, 1.82) is 0 Å². The molecule has 0 saturated carbocycles. The molecule has 0 aliphatic heterocycles. The highest BCUT2D eigenvalue weighted by molar-refractivity contribution is 7.80. The number of hydrogen-bond donors (Lipinski definition) is 1. The van der Waals surface area contributed by atoms with Gasteiger partial charge in [-0.05, 0) is 32.1 Å². The van der Waals surface area contributed by atoms with Crippen LogP contribution in [0.4, 0.5) is 13.2 Å². The number of thiol groups is 1. The van der Waals surface area contributed by atoms with Crippen molar-refractivity contribution in [2.24, 2.45) is 4.99 Å². The Bertz CT molecular complexity index is 989. The number of likely N-dealkylation sites (N-methyl/N-ethyl adjacent to an activating group) is 1. The first kappa shape index (κ1) is 25.2. The van der Waals surface area contributed by atoms with Gasteiger partial charge in [-0.3, -0.25) is 9.79 Å². The van der Waals surface area contributed by atoms with Crippen LogP contribution in [0.3, 0.4) is 0 Å². The second kappa shape index (κ2) is 11.5. The molecule has 1 aromatic heterocycles. The highest BCUT2D eigenvalue weighted by Crippen LogP contribution is 2.29. The van der Waals surface area contributed by atoms with Gasteiger partial charge >= 0.3 is 6.18 Å². The predicted octanol–water partition coefficient (Wildman–Crippen LogP) is 5.41. The van der Waals surface area contributed by atoms with Crippen LogP contribution in [0.1, 0.15) is 35.3 Å². The third-order valence-electron chi connectivity index (χ3n) is 4.44. The Morgan fingerprint density at radius 3 is 2.53 bits per heavy atom. The number of aromatic nitrogens is 1. The first-order chi connectivity index (χ1) is 15.2. The Morgan fingerprint density at radius 2 is 1.97 bits per heavy atom. The molecule has 0 aliphatic carbocycles. The van der Waals surface area contributed by atoms with Crippen molar-refractivity contribution < 1.29 is 22.7 Å². The van der Waals surface area contributed by atoms with Gasteiger partial charge < -0.3 is 9.64 Å². The van der Waals surface area contributed by atoms with E-state index in [1.165, 1.54) is 4.90 Å². The van der Waals surface area contributed by atoms with Crippen LogP contribution in [-0.2, 0) is 6.18 Å². The highest BCUT2D eigenvalue weighted by Gasteiger charge is 2.31. The molecule has 0 spiro atoms. The predicted molar refractivity (Wildman–Crippen MR) is 122 cm³/mol. The molecule has 0 radical (unpaired) electrons. The van der Waals surface area contributed by atoms with Gasteiger partial charge in [-0.2, -0.15) is 25.8 Å². The van der Waals surface area contributed by atoms with E-state index in [1.807, 2.05) is 6.07 Å². The molecule has 0 bridgehead atoms. The number of carbonyl (C=O) groups is 1. The minimum atomic E-state index is -4.47. The molecular weight excluding hydrogens is 439 g/mol. The van der Waals surface area contributed by atoms with E-state index in [0.29, 0.717) is 29.6 Å². The summed E-state index contributed by atoms with van der Waals surface area (Å²) in [5.41, 5.74) is 0.920. The van der Waals surface area contributed by atoms with E-state index >= 15 is 0 Å². The minimum Gasteiger partial charge on any atom is -0.475 e. The van der Waals surface area contributed by atoms with Gasteiger partial charge in [0.2, 0.25) is 5.88 Å². The van der Waals surface area contributed by atoms with Crippen molar-refractivity contribution in [3.8, 4) is 5.88 Å². The van der Waals surface area contributed by atoms with E-state index < -0.39 is 17.1 Å². The summed E-state index contributed by atoms with van der Waals surface area (Å²) in [4.78, 5) is 22.7. The molecule has 0 aliphatic rings. The van der Waals surface area contributed by atoms with Crippen molar-refractivity contribution in [3.05, 3.63) is 84.2 Å². The van der Waals surface area contributed by atoms with Crippen molar-refractivity contribution in [1.82, 2.24) is 9.88 Å². The Balaban J connectivity index is 2.15. The SMILES string of the molecule is C=C/C=C\N=C(C)c1ccccc1C(=O)N(CC)[C@@H](S)COc1ccc(C(F)(F)F)cn1. The van der Waals surface area contributed by atoms with Gasteiger partial charge in [0.25, 0.3) is 5.91 Å².